The Kier molecular flexibility index (Phi) is 4.94. The molecule has 1 aromatic rings. The first-order valence-corrected chi connectivity index (χ1v) is 6.33. The molecule has 108 valence electrons. The van der Waals surface area contributed by atoms with Crippen LogP contribution in [0.5, 0.6) is 5.88 Å². The average molecular weight is 268 g/mol. The van der Waals surface area contributed by atoms with Crippen LogP contribution in [-0.4, -0.2) is 34.9 Å². The van der Waals surface area contributed by atoms with Crippen molar-refractivity contribution in [1.29, 1.82) is 0 Å². The Balaban J connectivity index is 2.52. The summed E-state index contributed by atoms with van der Waals surface area (Å²) in [5, 5.41) is 10.3. The van der Waals surface area contributed by atoms with E-state index in [-0.39, 0.29) is 18.0 Å². The molecule has 6 nitrogen and oxygen atoms in total. The quantitative estimate of drug-likeness (QED) is 0.826. The first kappa shape index (κ1) is 15.5. The van der Waals surface area contributed by atoms with Gasteiger partial charge in [-0.15, -0.1) is 0 Å². The Morgan fingerprint density at radius 3 is 2.58 bits per heavy atom. The summed E-state index contributed by atoms with van der Waals surface area (Å²) in [5.74, 6) is 0.703. The van der Waals surface area contributed by atoms with Gasteiger partial charge in [-0.05, 0) is 27.7 Å². The lowest BCUT2D eigenvalue weighted by Crippen LogP contribution is -2.44. The van der Waals surface area contributed by atoms with Crippen LogP contribution in [-0.2, 0) is 18.4 Å². The topological polar surface area (TPSA) is 68.2 Å². The fourth-order valence-corrected chi connectivity index (χ4v) is 1.90. The lowest BCUT2D eigenvalue weighted by molar-refractivity contribution is -0.121. The predicted octanol–water partition coefficient (Wildman–Crippen LogP) is 0.741. The van der Waals surface area contributed by atoms with Gasteiger partial charge in [-0.25, -0.2) is 4.68 Å². The van der Waals surface area contributed by atoms with E-state index in [9.17, 15) is 4.79 Å². The molecule has 0 aromatic carbocycles. The average Bonchev–Trinajstić information content (AvgIpc) is 2.50. The smallest absolute Gasteiger partial charge is 0.234 e. The summed E-state index contributed by atoms with van der Waals surface area (Å²) >= 11 is 0. The van der Waals surface area contributed by atoms with Gasteiger partial charge in [0.05, 0.1) is 24.9 Å². The maximum Gasteiger partial charge on any atom is 0.234 e. The molecule has 0 atom stereocenters. The van der Waals surface area contributed by atoms with Crippen molar-refractivity contribution in [3.05, 3.63) is 11.3 Å². The van der Waals surface area contributed by atoms with Crippen molar-refractivity contribution >= 4 is 5.91 Å². The zero-order valence-corrected chi connectivity index (χ0v) is 12.6. The number of ether oxygens (including phenoxy) is 1. The fourth-order valence-electron chi connectivity index (χ4n) is 1.90. The Bertz CT molecular complexity index is 446. The molecule has 0 spiro atoms. The minimum absolute atomic E-state index is 0.0204. The largest absolute Gasteiger partial charge is 0.481 e. The van der Waals surface area contributed by atoms with E-state index in [1.54, 1.807) is 11.8 Å². The van der Waals surface area contributed by atoms with Gasteiger partial charge in [0.2, 0.25) is 11.8 Å². The van der Waals surface area contributed by atoms with Crippen LogP contribution in [0.2, 0.25) is 0 Å². The molecule has 0 radical (unpaired) electrons. The van der Waals surface area contributed by atoms with Crippen molar-refractivity contribution in [2.24, 2.45) is 7.05 Å². The number of amides is 1. The van der Waals surface area contributed by atoms with Gasteiger partial charge in [-0.1, -0.05) is 0 Å². The minimum Gasteiger partial charge on any atom is -0.481 e. The number of rotatable bonds is 5. The SMILES string of the molecule is COc1c(CNCC(=O)NC(C)(C)C)c(C)nn1C. The van der Waals surface area contributed by atoms with Gasteiger partial charge >= 0.3 is 0 Å². The Morgan fingerprint density at radius 1 is 1.42 bits per heavy atom. The predicted molar refractivity (Wildman–Crippen MR) is 74.1 cm³/mol. The summed E-state index contributed by atoms with van der Waals surface area (Å²) in [6.45, 7) is 8.63. The Morgan fingerprint density at radius 2 is 2.05 bits per heavy atom. The molecular weight excluding hydrogens is 244 g/mol. The van der Waals surface area contributed by atoms with Crippen LogP contribution in [0.25, 0.3) is 0 Å². The van der Waals surface area contributed by atoms with E-state index in [4.69, 9.17) is 4.74 Å². The van der Waals surface area contributed by atoms with Crippen LogP contribution in [0.3, 0.4) is 0 Å². The lowest BCUT2D eigenvalue weighted by Gasteiger charge is -2.20. The van der Waals surface area contributed by atoms with Crippen molar-refractivity contribution in [1.82, 2.24) is 20.4 Å². The van der Waals surface area contributed by atoms with Gasteiger partial charge in [-0.3, -0.25) is 4.79 Å². The molecule has 1 aromatic heterocycles. The van der Waals surface area contributed by atoms with Gasteiger partial charge in [-0.2, -0.15) is 5.10 Å². The Labute approximate surface area is 114 Å². The van der Waals surface area contributed by atoms with Crippen molar-refractivity contribution in [2.45, 2.75) is 39.8 Å². The number of methoxy groups -OCH3 is 1. The lowest BCUT2D eigenvalue weighted by atomic mass is 10.1. The van der Waals surface area contributed by atoms with Gasteiger partial charge < -0.3 is 15.4 Å². The van der Waals surface area contributed by atoms with Gasteiger partial charge in [0, 0.05) is 19.1 Å². The van der Waals surface area contributed by atoms with E-state index in [0.29, 0.717) is 6.54 Å². The number of aryl methyl sites for hydroxylation is 2. The highest BCUT2D eigenvalue weighted by atomic mass is 16.5. The number of nitrogens with one attached hydrogen (secondary N) is 2. The zero-order valence-electron chi connectivity index (χ0n) is 12.6. The Hall–Kier alpha value is -1.56. The molecule has 0 saturated carbocycles. The maximum atomic E-state index is 11.7. The number of hydrogen-bond acceptors (Lipinski definition) is 4. The normalized spacial score (nSPS) is 11.5. The molecule has 0 aliphatic heterocycles. The molecule has 0 aliphatic rings. The van der Waals surface area contributed by atoms with E-state index in [2.05, 4.69) is 15.7 Å². The van der Waals surface area contributed by atoms with E-state index >= 15 is 0 Å². The van der Waals surface area contributed by atoms with Gasteiger partial charge in [0.1, 0.15) is 0 Å². The number of aromatic nitrogens is 2. The number of carbonyl (C=O) groups is 1. The molecule has 6 heteroatoms. The van der Waals surface area contributed by atoms with Crippen LogP contribution in [0.1, 0.15) is 32.0 Å². The standard InChI is InChI=1S/C13H24N4O2/c1-9-10(12(19-6)17(5)16-9)7-14-8-11(18)15-13(2,3)4/h14H,7-8H2,1-6H3,(H,15,18). The molecule has 1 heterocycles. The van der Waals surface area contributed by atoms with Crippen LogP contribution in [0.4, 0.5) is 0 Å². The number of nitrogens with zero attached hydrogens (tertiary/aromatic N) is 2. The van der Waals surface area contributed by atoms with Crippen molar-refractivity contribution < 1.29 is 9.53 Å². The second kappa shape index (κ2) is 6.06. The second-order valence-electron chi connectivity index (χ2n) is 5.60. The molecular formula is C13H24N4O2. The summed E-state index contributed by atoms with van der Waals surface area (Å²) in [4.78, 5) is 11.7. The second-order valence-corrected chi connectivity index (χ2v) is 5.60. The number of carbonyl (C=O) groups excluding carboxylic acids is 1. The highest BCUT2D eigenvalue weighted by Gasteiger charge is 2.15. The molecule has 0 aliphatic carbocycles. The van der Waals surface area contributed by atoms with Crippen LogP contribution >= 0.6 is 0 Å². The minimum atomic E-state index is -0.208. The summed E-state index contributed by atoms with van der Waals surface area (Å²) in [5.41, 5.74) is 1.68. The molecule has 19 heavy (non-hydrogen) atoms. The van der Waals surface area contributed by atoms with Crippen LogP contribution < -0.4 is 15.4 Å². The van der Waals surface area contributed by atoms with E-state index in [1.165, 1.54) is 0 Å². The third-order valence-corrected chi connectivity index (χ3v) is 2.58. The monoisotopic (exact) mass is 268 g/mol. The van der Waals surface area contributed by atoms with Crippen molar-refractivity contribution in [3.8, 4) is 5.88 Å². The first-order valence-electron chi connectivity index (χ1n) is 6.33. The maximum absolute atomic E-state index is 11.7. The van der Waals surface area contributed by atoms with E-state index < -0.39 is 0 Å². The molecule has 0 saturated heterocycles. The third-order valence-electron chi connectivity index (χ3n) is 2.58. The summed E-state index contributed by atoms with van der Waals surface area (Å²) in [6.07, 6.45) is 0. The first-order chi connectivity index (χ1) is 8.74. The zero-order chi connectivity index (χ0) is 14.6. The summed E-state index contributed by atoms with van der Waals surface area (Å²) in [7, 11) is 3.45. The highest BCUT2D eigenvalue weighted by Crippen LogP contribution is 2.20. The summed E-state index contributed by atoms with van der Waals surface area (Å²) < 4.78 is 6.99. The van der Waals surface area contributed by atoms with E-state index in [0.717, 1.165) is 17.1 Å². The van der Waals surface area contributed by atoms with Gasteiger partial charge in [0.25, 0.3) is 0 Å². The number of hydrogen-bond donors (Lipinski definition) is 2. The molecule has 1 amide bonds. The van der Waals surface area contributed by atoms with Crippen molar-refractivity contribution in [2.75, 3.05) is 13.7 Å². The van der Waals surface area contributed by atoms with Crippen molar-refractivity contribution in [3.63, 3.8) is 0 Å². The molecule has 1 rings (SSSR count). The fraction of sp³-hybridized carbons (Fsp3) is 0.692. The highest BCUT2D eigenvalue weighted by molar-refractivity contribution is 5.78. The molecule has 2 N–H and O–H groups in total. The molecule has 0 unspecified atom stereocenters. The molecule has 0 fully saturated rings. The summed E-state index contributed by atoms with van der Waals surface area (Å²) in [6, 6.07) is 0. The van der Waals surface area contributed by atoms with Crippen LogP contribution in [0.15, 0.2) is 0 Å². The van der Waals surface area contributed by atoms with E-state index in [1.807, 2.05) is 34.7 Å². The third kappa shape index (κ3) is 4.55. The van der Waals surface area contributed by atoms with Crippen LogP contribution in [0, 0.1) is 6.92 Å². The van der Waals surface area contributed by atoms with Gasteiger partial charge in [0.15, 0.2) is 0 Å². The molecule has 0 bridgehead atoms.